The van der Waals surface area contributed by atoms with Gasteiger partial charge in [-0.05, 0) is 31.5 Å². The minimum Gasteiger partial charge on any atom is -0.341 e. The van der Waals surface area contributed by atoms with Gasteiger partial charge in [0.1, 0.15) is 11.9 Å². The molecule has 8 heteroatoms. The average molecular weight is 342 g/mol. The van der Waals surface area contributed by atoms with Crippen molar-refractivity contribution in [3.63, 3.8) is 0 Å². The number of rotatable bonds is 3. The van der Waals surface area contributed by atoms with Crippen molar-refractivity contribution < 1.29 is 22.4 Å². The Bertz CT molecular complexity index is 719. The summed E-state index contributed by atoms with van der Waals surface area (Å²) in [5.41, 5.74) is 0.564. The summed E-state index contributed by atoms with van der Waals surface area (Å²) in [5.74, 6) is -1.52. The van der Waals surface area contributed by atoms with Crippen LogP contribution in [-0.2, 0) is 14.6 Å². The summed E-state index contributed by atoms with van der Waals surface area (Å²) >= 11 is 0. The third-order valence-electron chi connectivity index (χ3n) is 3.81. The Morgan fingerprint density at radius 1 is 1.26 bits per heavy atom. The van der Waals surface area contributed by atoms with E-state index in [0.29, 0.717) is 5.56 Å². The van der Waals surface area contributed by atoms with Gasteiger partial charge in [0.05, 0.1) is 11.5 Å². The molecule has 1 N–H and O–H groups in total. The normalized spacial score (nSPS) is 18.3. The first-order valence-electron chi connectivity index (χ1n) is 7.26. The van der Waals surface area contributed by atoms with Gasteiger partial charge in [-0.1, -0.05) is 6.07 Å². The molecule has 1 aliphatic heterocycles. The fraction of sp³-hybridized carbons (Fsp3) is 0.467. The van der Waals surface area contributed by atoms with E-state index in [1.165, 1.54) is 24.0 Å². The number of nitrogens with one attached hydrogen (secondary N) is 1. The summed E-state index contributed by atoms with van der Waals surface area (Å²) in [4.78, 5) is 25.7. The molecule has 1 fully saturated rings. The number of aryl methyl sites for hydroxylation is 1. The Morgan fingerprint density at radius 2 is 1.87 bits per heavy atom. The summed E-state index contributed by atoms with van der Waals surface area (Å²) in [5, 5.41) is 2.51. The summed E-state index contributed by atoms with van der Waals surface area (Å²) in [7, 11) is -3.07. The van der Waals surface area contributed by atoms with Crippen molar-refractivity contribution in [2.45, 2.75) is 19.9 Å². The van der Waals surface area contributed by atoms with E-state index in [1.54, 1.807) is 6.92 Å². The Labute approximate surface area is 134 Å². The zero-order valence-electron chi connectivity index (χ0n) is 13.0. The van der Waals surface area contributed by atoms with Crippen molar-refractivity contribution in [2.24, 2.45) is 0 Å². The Kier molecular flexibility index (Phi) is 5.03. The van der Waals surface area contributed by atoms with E-state index < -0.39 is 27.6 Å². The van der Waals surface area contributed by atoms with Crippen LogP contribution in [0.4, 0.5) is 4.39 Å². The molecular weight excluding hydrogens is 323 g/mol. The second kappa shape index (κ2) is 6.66. The van der Waals surface area contributed by atoms with Crippen LogP contribution in [0.5, 0.6) is 0 Å². The summed E-state index contributed by atoms with van der Waals surface area (Å²) in [6.45, 7) is 3.36. The van der Waals surface area contributed by atoms with E-state index in [2.05, 4.69) is 5.32 Å². The van der Waals surface area contributed by atoms with Crippen molar-refractivity contribution >= 4 is 21.7 Å². The molecule has 1 aromatic rings. The molecule has 0 aromatic heterocycles. The number of sulfone groups is 1. The van der Waals surface area contributed by atoms with E-state index >= 15 is 0 Å². The van der Waals surface area contributed by atoms with Gasteiger partial charge in [-0.2, -0.15) is 0 Å². The number of hydrogen-bond acceptors (Lipinski definition) is 4. The van der Waals surface area contributed by atoms with Crippen LogP contribution in [0.25, 0.3) is 0 Å². The van der Waals surface area contributed by atoms with Crippen molar-refractivity contribution in [3.8, 4) is 0 Å². The maximum absolute atomic E-state index is 13.5. The largest absolute Gasteiger partial charge is 0.341 e. The predicted octanol–water partition coefficient (Wildman–Crippen LogP) is 0.509. The van der Waals surface area contributed by atoms with E-state index in [4.69, 9.17) is 0 Å². The van der Waals surface area contributed by atoms with Gasteiger partial charge in [0.25, 0.3) is 5.91 Å². The van der Waals surface area contributed by atoms with Gasteiger partial charge >= 0.3 is 0 Å². The molecule has 23 heavy (non-hydrogen) atoms. The van der Waals surface area contributed by atoms with Crippen LogP contribution in [0.1, 0.15) is 22.8 Å². The van der Waals surface area contributed by atoms with E-state index in [0.717, 1.165) is 6.07 Å². The Balaban J connectivity index is 1.98. The van der Waals surface area contributed by atoms with Gasteiger partial charge in [-0.3, -0.25) is 9.59 Å². The van der Waals surface area contributed by atoms with Crippen molar-refractivity contribution in [3.05, 3.63) is 35.1 Å². The van der Waals surface area contributed by atoms with Crippen molar-refractivity contribution in [1.82, 2.24) is 10.2 Å². The molecule has 6 nitrogen and oxygen atoms in total. The summed E-state index contributed by atoms with van der Waals surface area (Å²) in [6.07, 6.45) is 0. The van der Waals surface area contributed by atoms with Crippen LogP contribution in [0, 0.1) is 12.7 Å². The molecule has 126 valence electrons. The van der Waals surface area contributed by atoms with Gasteiger partial charge < -0.3 is 10.2 Å². The van der Waals surface area contributed by atoms with Crippen LogP contribution in [-0.4, -0.2) is 55.8 Å². The van der Waals surface area contributed by atoms with Crippen LogP contribution in [0.2, 0.25) is 0 Å². The smallest absolute Gasteiger partial charge is 0.252 e. The van der Waals surface area contributed by atoms with Crippen molar-refractivity contribution in [1.29, 1.82) is 0 Å². The minimum atomic E-state index is -3.07. The molecule has 0 unspecified atom stereocenters. The third-order valence-corrected chi connectivity index (χ3v) is 5.42. The number of carbonyl (C=O) groups is 2. The molecule has 1 aromatic carbocycles. The first kappa shape index (κ1) is 17.4. The SMILES string of the molecule is Cc1ccc(C(=O)N[C@@H](C)C(=O)N2CCS(=O)(=O)CC2)cc1F. The number of nitrogens with zero attached hydrogens (tertiary/aromatic N) is 1. The zero-order valence-corrected chi connectivity index (χ0v) is 13.8. The van der Waals surface area contributed by atoms with Gasteiger partial charge in [-0.25, -0.2) is 12.8 Å². The topological polar surface area (TPSA) is 83.6 Å². The summed E-state index contributed by atoms with van der Waals surface area (Å²) < 4.78 is 36.2. The fourth-order valence-electron chi connectivity index (χ4n) is 2.28. The average Bonchev–Trinajstić information content (AvgIpc) is 2.49. The second-order valence-corrected chi connectivity index (χ2v) is 7.94. The highest BCUT2D eigenvalue weighted by Gasteiger charge is 2.28. The van der Waals surface area contributed by atoms with Gasteiger partial charge in [-0.15, -0.1) is 0 Å². The molecule has 2 rings (SSSR count). The van der Waals surface area contributed by atoms with Gasteiger partial charge in [0.2, 0.25) is 5.91 Å². The number of carbonyl (C=O) groups excluding carboxylic acids is 2. The lowest BCUT2D eigenvalue weighted by Crippen LogP contribution is -2.51. The maximum Gasteiger partial charge on any atom is 0.252 e. The molecule has 1 saturated heterocycles. The first-order valence-corrected chi connectivity index (χ1v) is 9.08. The van der Waals surface area contributed by atoms with E-state index in [9.17, 15) is 22.4 Å². The monoisotopic (exact) mass is 342 g/mol. The molecule has 1 atom stereocenters. The standard InChI is InChI=1S/C15H19FN2O4S/c1-10-3-4-12(9-13(10)16)14(19)17-11(2)15(20)18-5-7-23(21,22)8-6-18/h3-4,9,11H,5-8H2,1-2H3,(H,17,19)/t11-/m0/s1. The van der Waals surface area contributed by atoms with Crippen molar-refractivity contribution in [2.75, 3.05) is 24.6 Å². The van der Waals surface area contributed by atoms with Gasteiger partial charge in [0.15, 0.2) is 9.84 Å². The highest BCUT2D eigenvalue weighted by molar-refractivity contribution is 7.91. The highest BCUT2D eigenvalue weighted by Crippen LogP contribution is 2.10. The third kappa shape index (κ3) is 4.28. The molecule has 0 aliphatic carbocycles. The number of amides is 2. The highest BCUT2D eigenvalue weighted by atomic mass is 32.2. The number of halogens is 1. The van der Waals surface area contributed by atoms with E-state index in [1.807, 2.05) is 0 Å². The Hall–Kier alpha value is -1.96. The molecule has 0 radical (unpaired) electrons. The lowest BCUT2D eigenvalue weighted by molar-refractivity contribution is -0.132. The number of hydrogen-bond donors (Lipinski definition) is 1. The van der Waals surface area contributed by atoms with Crippen LogP contribution in [0.15, 0.2) is 18.2 Å². The first-order chi connectivity index (χ1) is 10.7. The Morgan fingerprint density at radius 3 is 2.43 bits per heavy atom. The molecular formula is C15H19FN2O4S. The van der Waals surface area contributed by atoms with Crippen LogP contribution >= 0.6 is 0 Å². The molecule has 0 spiro atoms. The zero-order chi connectivity index (χ0) is 17.2. The number of benzene rings is 1. The van der Waals surface area contributed by atoms with Crippen LogP contribution in [0.3, 0.4) is 0 Å². The van der Waals surface area contributed by atoms with Crippen LogP contribution < -0.4 is 5.32 Å². The summed E-state index contributed by atoms with van der Waals surface area (Å²) in [6, 6.07) is 3.28. The quantitative estimate of drug-likeness (QED) is 0.867. The molecule has 2 amide bonds. The molecule has 1 heterocycles. The van der Waals surface area contributed by atoms with E-state index in [-0.39, 0.29) is 36.1 Å². The lowest BCUT2D eigenvalue weighted by Gasteiger charge is -2.29. The second-order valence-electron chi connectivity index (χ2n) is 5.64. The maximum atomic E-state index is 13.5. The minimum absolute atomic E-state index is 0.0669. The lowest BCUT2D eigenvalue weighted by atomic mass is 10.1. The molecule has 0 bridgehead atoms. The molecule has 1 aliphatic rings. The fourth-order valence-corrected chi connectivity index (χ4v) is 3.48. The molecule has 0 saturated carbocycles. The predicted molar refractivity (Wildman–Crippen MR) is 83.3 cm³/mol. The van der Waals surface area contributed by atoms with Gasteiger partial charge in [0, 0.05) is 18.7 Å².